The van der Waals surface area contributed by atoms with Crippen molar-refractivity contribution in [1.82, 2.24) is 0 Å². The van der Waals surface area contributed by atoms with Gasteiger partial charge in [-0.3, -0.25) is 4.79 Å². The number of ketones is 1. The highest BCUT2D eigenvalue weighted by atomic mass is 79.9. The van der Waals surface area contributed by atoms with E-state index in [-0.39, 0.29) is 11.5 Å². The predicted octanol–water partition coefficient (Wildman–Crippen LogP) is 5.29. The molecule has 4 rings (SSSR count). The van der Waals surface area contributed by atoms with Gasteiger partial charge in [-0.15, -0.1) is 0 Å². The van der Waals surface area contributed by atoms with Crippen LogP contribution < -0.4 is 14.2 Å². The molecule has 5 nitrogen and oxygen atoms in total. The van der Waals surface area contributed by atoms with Crippen molar-refractivity contribution in [3.63, 3.8) is 0 Å². The van der Waals surface area contributed by atoms with Crippen LogP contribution in [0.2, 0.25) is 0 Å². The van der Waals surface area contributed by atoms with Crippen LogP contribution in [-0.2, 0) is 0 Å². The Balaban J connectivity index is 1.52. The quantitative estimate of drug-likeness (QED) is 0.306. The van der Waals surface area contributed by atoms with E-state index < -0.39 is 5.97 Å². The fourth-order valence-electron chi connectivity index (χ4n) is 2.83. The summed E-state index contributed by atoms with van der Waals surface area (Å²) in [4.78, 5) is 24.9. The van der Waals surface area contributed by atoms with Crippen molar-refractivity contribution in [2.75, 3.05) is 7.11 Å². The molecule has 0 aliphatic carbocycles. The Kier molecular flexibility index (Phi) is 5.18. The smallest absolute Gasteiger partial charge is 0.343 e. The third-order valence-corrected chi connectivity index (χ3v) is 4.87. The van der Waals surface area contributed by atoms with Crippen LogP contribution >= 0.6 is 15.9 Å². The summed E-state index contributed by atoms with van der Waals surface area (Å²) >= 11 is 3.38. The maximum Gasteiger partial charge on any atom is 0.343 e. The zero-order valence-corrected chi connectivity index (χ0v) is 16.9. The predicted molar refractivity (Wildman–Crippen MR) is 111 cm³/mol. The van der Waals surface area contributed by atoms with Crippen molar-refractivity contribution < 1.29 is 23.8 Å². The summed E-state index contributed by atoms with van der Waals surface area (Å²) in [5.74, 6) is 0.802. The second-order valence-electron chi connectivity index (χ2n) is 6.27. The van der Waals surface area contributed by atoms with E-state index in [1.165, 1.54) is 6.07 Å². The SMILES string of the molecule is COc1ccc(C(=O)Oc2ccc3c(c2)O/C(=C\c2ccc(Br)cc2)C3=O)cc1. The molecule has 1 heterocycles. The molecule has 0 saturated heterocycles. The van der Waals surface area contributed by atoms with Crippen LogP contribution in [0.1, 0.15) is 26.3 Å². The molecular formula is C23H15BrO5. The van der Waals surface area contributed by atoms with Crippen molar-refractivity contribution >= 4 is 33.8 Å². The number of rotatable bonds is 4. The van der Waals surface area contributed by atoms with Gasteiger partial charge in [-0.05, 0) is 60.2 Å². The molecule has 0 amide bonds. The number of methoxy groups -OCH3 is 1. The van der Waals surface area contributed by atoms with Gasteiger partial charge in [-0.25, -0.2) is 4.79 Å². The second-order valence-corrected chi connectivity index (χ2v) is 7.18. The van der Waals surface area contributed by atoms with E-state index in [0.29, 0.717) is 28.4 Å². The Morgan fingerprint density at radius 1 is 0.966 bits per heavy atom. The van der Waals surface area contributed by atoms with Crippen LogP contribution in [-0.4, -0.2) is 18.9 Å². The number of esters is 1. The summed E-state index contributed by atoms with van der Waals surface area (Å²) in [7, 11) is 1.55. The van der Waals surface area contributed by atoms with E-state index in [0.717, 1.165) is 10.0 Å². The lowest BCUT2D eigenvalue weighted by atomic mass is 10.1. The Bertz CT molecular complexity index is 1120. The molecule has 3 aromatic carbocycles. The molecule has 6 heteroatoms. The van der Waals surface area contributed by atoms with E-state index in [9.17, 15) is 9.59 Å². The van der Waals surface area contributed by atoms with Crippen LogP contribution in [0.5, 0.6) is 17.2 Å². The Morgan fingerprint density at radius 3 is 2.34 bits per heavy atom. The van der Waals surface area contributed by atoms with Crippen LogP contribution in [0.15, 0.2) is 77.0 Å². The van der Waals surface area contributed by atoms with E-state index in [2.05, 4.69) is 15.9 Å². The van der Waals surface area contributed by atoms with E-state index in [1.54, 1.807) is 49.6 Å². The van der Waals surface area contributed by atoms with Gasteiger partial charge in [0.2, 0.25) is 5.78 Å². The molecule has 29 heavy (non-hydrogen) atoms. The lowest BCUT2D eigenvalue weighted by molar-refractivity contribution is 0.0734. The molecule has 0 fully saturated rings. The van der Waals surface area contributed by atoms with Gasteiger partial charge in [0.05, 0.1) is 18.2 Å². The van der Waals surface area contributed by atoms with Gasteiger partial charge >= 0.3 is 5.97 Å². The zero-order valence-electron chi connectivity index (χ0n) is 15.3. The van der Waals surface area contributed by atoms with Gasteiger partial charge in [-0.1, -0.05) is 28.1 Å². The van der Waals surface area contributed by atoms with Gasteiger partial charge in [0.1, 0.15) is 17.2 Å². The summed E-state index contributed by atoms with van der Waals surface area (Å²) in [6.07, 6.45) is 1.68. The molecule has 0 aromatic heterocycles. The number of Topliss-reactive ketones (excluding diaryl/α,β-unsaturated/α-hetero) is 1. The number of benzene rings is 3. The third-order valence-electron chi connectivity index (χ3n) is 4.35. The summed E-state index contributed by atoms with van der Waals surface area (Å²) < 4.78 is 17.1. The molecule has 0 N–H and O–H groups in total. The number of allylic oxidation sites excluding steroid dienone is 1. The second kappa shape index (κ2) is 7.93. The largest absolute Gasteiger partial charge is 0.497 e. The third kappa shape index (κ3) is 4.07. The minimum atomic E-state index is -0.512. The molecule has 0 atom stereocenters. The van der Waals surface area contributed by atoms with Crippen molar-refractivity contribution in [2.24, 2.45) is 0 Å². The molecule has 0 radical (unpaired) electrons. The molecule has 1 aliphatic heterocycles. The van der Waals surface area contributed by atoms with Crippen LogP contribution in [0.4, 0.5) is 0 Å². The first-order valence-electron chi connectivity index (χ1n) is 8.73. The van der Waals surface area contributed by atoms with Gasteiger partial charge in [0, 0.05) is 10.5 Å². The number of fused-ring (bicyclic) bond motifs is 1. The number of ether oxygens (including phenoxy) is 3. The fraction of sp³-hybridized carbons (Fsp3) is 0.0435. The summed E-state index contributed by atoms with van der Waals surface area (Å²) in [6.45, 7) is 0. The molecular weight excluding hydrogens is 436 g/mol. The molecule has 1 aliphatic rings. The lowest BCUT2D eigenvalue weighted by Gasteiger charge is -2.06. The topological polar surface area (TPSA) is 61.8 Å². The Labute approximate surface area is 175 Å². The molecule has 144 valence electrons. The number of carbonyl (C=O) groups is 2. The average Bonchev–Trinajstić information content (AvgIpc) is 3.04. The molecule has 0 unspecified atom stereocenters. The minimum Gasteiger partial charge on any atom is -0.497 e. The number of hydrogen-bond acceptors (Lipinski definition) is 5. The molecule has 0 bridgehead atoms. The summed E-state index contributed by atoms with van der Waals surface area (Å²) in [6, 6.07) is 18.8. The first-order valence-corrected chi connectivity index (χ1v) is 9.53. The van der Waals surface area contributed by atoms with Crippen LogP contribution in [0, 0.1) is 0 Å². The van der Waals surface area contributed by atoms with E-state index in [4.69, 9.17) is 14.2 Å². The fourth-order valence-corrected chi connectivity index (χ4v) is 3.10. The first kappa shape index (κ1) is 19.0. The Morgan fingerprint density at radius 2 is 1.66 bits per heavy atom. The highest BCUT2D eigenvalue weighted by Crippen LogP contribution is 2.35. The zero-order chi connectivity index (χ0) is 20.4. The van der Waals surface area contributed by atoms with Crippen LogP contribution in [0.3, 0.4) is 0 Å². The van der Waals surface area contributed by atoms with Crippen molar-refractivity contribution in [3.8, 4) is 17.2 Å². The lowest BCUT2D eigenvalue weighted by Crippen LogP contribution is -2.08. The van der Waals surface area contributed by atoms with Gasteiger partial charge in [0.15, 0.2) is 5.76 Å². The maximum atomic E-state index is 12.6. The van der Waals surface area contributed by atoms with Crippen LogP contribution in [0.25, 0.3) is 6.08 Å². The highest BCUT2D eigenvalue weighted by Gasteiger charge is 2.28. The first-order chi connectivity index (χ1) is 14.0. The monoisotopic (exact) mass is 450 g/mol. The minimum absolute atomic E-state index is 0.212. The molecule has 0 saturated carbocycles. The van der Waals surface area contributed by atoms with Crippen molar-refractivity contribution in [2.45, 2.75) is 0 Å². The number of halogens is 1. The van der Waals surface area contributed by atoms with Gasteiger partial charge < -0.3 is 14.2 Å². The van der Waals surface area contributed by atoms with Crippen molar-refractivity contribution in [3.05, 3.63) is 93.7 Å². The molecule has 0 spiro atoms. The average molecular weight is 451 g/mol. The van der Waals surface area contributed by atoms with E-state index >= 15 is 0 Å². The van der Waals surface area contributed by atoms with Gasteiger partial charge in [-0.2, -0.15) is 0 Å². The highest BCUT2D eigenvalue weighted by molar-refractivity contribution is 9.10. The Hall–Kier alpha value is -3.38. The van der Waals surface area contributed by atoms with E-state index in [1.807, 2.05) is 24.3 Å². The number of hydrogen-bond donors (Lipinski definition) is 0. The number of carbonyl (C=O) groups excluding carboxylic acids is 2. The van der Waals surface area contributed by atoms with Crippen molar-refractivity contribution in [1.29, 1.82) is 0 Å². The summed E-state index contributed by atoms with van der Waals surface area (Å²) in [5, 5.41) is 0. The standard InChI is InChI=1S/C23H15BrO5/c1-27-17-8-4-15(5-9-17)23(26)28-18-10-11-19-20(13-18)29-21(22(19)25)12-14-2-6-16(24)7-3-14/h2-13H,1H3/b21-12-. The van der Waals surface area contributed by atoms with Gasteiger partial charge in [0.25, 0.3) is 0 Å². The summed E-state index contributed by atoms with van der Waals surface area (Å²) in [5.41, 5.74) is 1.66. The normalized spacial score (nSPS) is 13.7. The molecule has 3 aromatic rings. The maximum absolute atomic E-state index is 12.6.